The van der Waals surface area contributed by atoms with Gasteiger partial charge in [0.2, 0.25) is 12.0 Å². The summed E-state index contributed by atoms with van der Waals surface area (Å²) in [7, 11) is 1.50. The lowest BCUT2D eigenvalue weighted by Crippen LogP contribution is -2.43. The highest BCUT2D eigenvalue weighted by Gasteiger charge is 2.30. The molecule has 2 aromatic heterocycles. The minimum Gasteiger partial charge on any atom is -0.480 e. The van der Waals surface area contributed by atoms with Gasteiger partial charge in [-0.25, -0.2) is 14.5 Å². The van der Waals surface area contributed by atoms with Crippen LogP contribution in [0.1, 0.15) is 21.6 Å². The Balaban J connectivity index is 1.45. The minimum absolute atomic E-state index is 0.163. The van der Waals surface area contributed by atoms with Crippen LogP contribution in [-0.4, -0.2) is 45.4 Å². The minimum atomic E-state index is -1.20. The molecule has 2 amide bonds. The Labute approximate surface area is 217 Å². The van der Waals surface area contributed by atoms with E-state index in [2.05, 4.69) is 20.7 Å². The summed E-state index contributed by atoms with van der Waals surface area (Å²) in [5, 5.41) is 10.1. The fourth-order valence-electron chi connectivity index (χ4n) is 4.40. The molecule has 9 nitrogen and oxygen atoms in total. The molecule has 0 saturated heterocycles. The average Bonchev–Trinajstić information content (AvgIpc) is 3.29. The molecule has 0 radical (unpaired) electrons. The number of methoxy groups -OCH3 is 1. The molecule has 1 unspecified atom stereocenters. The molecule has 38 heavy (non-hydrogen) atoms. The largest absolute Gasteiger partial charge is 0.480 e. The van der Waals surface area contributed by atoms with E-state index in [0.29, 0.717) is 28.6 Å². The van der Waals surface area contributed by atoms with E-state index in [-0.39, 0.29) is 5.69 Å². The van der Waals surface area contributed by atoms with Crippen LogP contribution in [0.5, 0.6) is 5.88 Å². The highest BCUT2D eigenvalue weighted by Crippen LogP contribution is 2.26. The maximum Gasteiger partial charge on any atom is 0.274 e. The number of benzodiazepines with no additional fused rings is 1. The predicted molar refractivity (Wildman–Crippen MR) is 143 cm³/mol. The van der Waals surface area contributed by atoms with Crippen molar-refractivity contribution >= 4 is 28.9 Å². The van der Waals surface area contributed by atoms with Crippen LogP contribution in [0, 0.1) is 0 Å². The van der Waals surface area contributed by atoms with Crippen molar-refractivity contribution < 1.29 is 14.3 Å². The van der Waals surface area contributed by atoms with E-state index < -0.39 is 18.0 Å². The molecule has 3 aromatic carbocycles. The SMILES string of the molecule is COc1ccc2nc(-c3ccccc3)c(C(=O)NC3N=C(c4ccccc4)c4ccccc4NC3=O)n2n1. The molecule has 3 heterocycles. The Kier molecular flexibility index (Phi) is 5.85. The Morgan fingerprint density at radius 1 is 0.895 bits per heavy atom. The van der Waals surface area contributed by atoms with Crippen LogP contribution in [0.4, 0.5) is 5.69 Å². The number of hydrogen-bond acceptors (Lipinski definition) is 6. The molecule has 186 valence electrons. The van der Waals surface area contributed by atoms with Gasteiger partial charge in [0, 0.05) is 22.8 Å². The van der Waals surface area contributed by atoms with Crippen LogP contribution in [0.3, 0.4) is 0 Å². The van der Waals surface area contributed by atoms with E-state index in [1.54, 1.807) is 12.1 Å². The number of carbonyl (C=O) groups is 2. The number of ether oxygens (including phenoxy) is 1. The number of amides is 2. The van der Waals surface area contributed by atoms with Crippen LogP contribution < -0.4 is 15.4 Å². The van der Waals surface area contributed by atoms with E-state index in [1.807, 2.05) is 84.9 Å². The third kappa shape index (κ3) is 4.16. The molecule has 1 aliphatic heterocycles. The Bertz CT molecular complexity index is 1700. The molecular formula is C29H22N6O3. The normalized spacial score (nSPS) is 14.7. The number of benzene rings is 3. The van der Waals surface area contributed by atoms with Crippen LogP contribution in [0.25, 0.3) is 16.9 Å². The van der Waals surface area contributed by atoms with Crippen molar-refractivity contribution in [2.24, 2.45) is 4.99 Å². The summed E-state index contributed by atoms with van der Waals surface area (Å²) in [6, 6.07) is 29.7. The molecular weight excluding hydrogens is 480 g/mol. The fourth-order valence-corrected chi connectivity index (χ4v) is 4.40. The van der Waals surface area contributed by atoms with Crippen molar-refractivity contribution in [3.05, 3.63) is 114 Å². The van der Waals surface area contributed by atoms with E-state index >= 15 is 0 Å². The zero-order chi connectivity index (χ0) is 26.1. The lowest BCUT2D eigenvalue weighted by Gasteiger charge is -2.14. The number of imidazole rings is 1. The average molecular weight is 503 g/mol. The van der Waals surface area contributed by atoms with Gasteiger partial charge in [-0.2, -0.15) is 0 Å². The zero-order valence-electron chi connectivity index (χ0n) is 20.3. The van der Waals surface area contributed by atoms with E-state index in [1.165, 1.54) is 11.6 Å². The van der Waals surface area contributed by atoms with Gasteiger partial charge in [-0.05, 0) is 12.1 Å². The van der Waals surface area contributed by atoms with Gasteiger partial charge in [0.25, 0.3) is 11.8 Å². The molecule has 5 aromatic rings. The van der Waals surface area contributed by atoms with Gasteiger partial charge in [0.05, 0.1) is 18.5 Å². The first kappa shape index (κ1) is 23.1. The second-order valence-corrected chi connectivity index (χ2v) is 8.58. The number of fused-ring (bicyclic) bond motifs is 2. The summed E-state index contributed by atoms with van der Waals surface area (Å²) in [5.41, 5.74) is 4.56. The van der Waals surface area contributed by atoms with Crippen molar-refractivity contribution in [1.29, 1.82) is 0 Å². The molecule has 6 rings (SSSR count). The number of para-hydroxylation sites is 1. The second kappa shape index (κ2) is 9.62. The molecule has 0 aliphatic carbocycles. The highest BCUT2D eigenvalue weighted by atomic mass is 16.5. The van der Waals surface area contributed by atoms with Crippen molar-refractivity contribution in [3.8, 4) is 17.1 Å². The van der Waals surface area contributed by atoms with Crippen molar-refractivity contribution in [3.63, 3.8) is 0 Å². The molecule has 0 fully saturated rings. The summed E-state index contributed by atoms with van der Waals surface area (Å²) >= 11 is 0. The summed E-state index contributed by atoms with van der Waals surface area (Å²) in [4.78, 5) is 36.5. The fraction of sp³-hybridized carbons (Fsp3) is 0.0690. The first-order valence-electron chi connectivity index (χ1n) is 12.0. The molecule has 1 atom stereocenters. The zero-order valence-corrected chi connectivity index (χ0v) is 20.3. The number of aromatic nitrogens is 3. The van der Waals surface area contributed by atoms with Gasteiger partial charge in [0.15, 0.2) is 11.3 Å². The van der Waals surface area contributed by atoms with E-state index in [0.717, 1.165) is 16.7 Å². The quantitative estimate of drug-likeness (QED) is 0.378. The van der Waals surface area contributed by atoms with Crippen molar-refractivity contribution in [2.75, 3.05) is 12.4 Å². The first-order chi connectivity index (χ1) is 18.6. The molecule has 9 heteroatoms. The van der Waals surface area contributed by atoms with Gasteiger partial charge in [-0.3, -0.25) is 9.59 Å². The smallest absolute Gasteiger partial charge is 0.274 e. The van der Waals surface area contributed by atoms with Crippen LogP contribution in [0.2, 0.25) is 0 Å². The Morgan fingerprint density at radius 2 is 1.58 bits per heavy atom. The van der Waals surface area contributed by atoms with E-state index in [4.69, 9.17) is 9.73 Å². The second-order valence-electron chi connectivity index (χ2n) is 8.58. The summed E-state index contributed by atoms with van der Waals surface area (Å²) in [6.07, 6.45) is -1.20. The standard InChI is InChI=1S/C29H22N6O3/c1-38-23-17-16-22-31-25(19-12-6-3-7-13-19)26(35(22)34-23)28(36)33-27-29(37)30-21-15-9-8-14-20(21)24(32-27)18-10-4-2-5-11-18/h2-17,27H,1H3,(H,30,37)(H,33,36). The summed E-state index contributed by atoms with van der Waals surface area (Å²) in [5.74, 6) is -0.702. The Hall–Kier alpha value is -5.31. The van der Waals surface area contributed by atoms with Crippen molar-refractivity contribution in [2.45, 2.75) is 6.17 Å². The highest BCUT2D eigenvalue weighted by molar-refractivity contribution is 6.20. The Morgan fingerprint density at radius 3 is 2.32 bits per heavy atom. The van der Waals surface area contributed by atoms with Crippen LogP contribution in [-0.2, 0) is 4.79 Å². The van der Waals surface area contributed by atoms with Gasteiger partial charge in [-0.15, -0.1) is 5.10 Å². The summed E-state index contributed by atoms with van der Waals surface area (Å²) < 4.78 is 6.70. The van der Waals surface area contributed by atoms with Gasteiger partial charge >= 0.3 is 0 Å². The van der Waals surface area contributed by atoms with Crippen LogP contribution >= 0.6 is 0 Å². The monoisotopic (exact) mass is 502 g/mol. The number of aliphatic imine (C=N–C) groups is 1. The molecule has 0 bridgehead atoms. The number of nitrogens with one attached hydrogen (secondary N) is 2. The maximum absolute atomic E-state index is 13.9. The third-order valence-corrected chi connectivity index (χ3v) is 6.19. The number of nitrogens with zero attached hydrogens (tertiary/aromatic N) is 4. The van der Waals surface area contributed by atoms with Gasteiger partial charge in [-0.1, -0.05) is 78.9 Å². The van der Waals surface area contributed by atoms with Gasteiger partial charge < -0.3 is 15.4 Å². The number of carbonyl (C=O) groups excluding carboxylic acids is 2. The van der Waals surface area contributed by atoms with Crippen molar-refractivity contribution in [1.82, 2.24) is 19.9 Å². The molecule has 2 N–H and O–H groups in total. The lowest BCUT2D eigenvalue weighted by atomic mass is 10.0. The summed E-state index contributed by atoms with van der Waals surface area (Å²) in [6.45, 7) is 0. The number of anilines is 1. The maximum atomic E-state index is 13.9. The van der Waals surface area contributed by atoms with Crippen LogP contribution in [0.15, 0.2) is 102 Å². The topological polar surface area (TPSA) is 110 Å². The molecule has 1 aliphatic rings. The van der Waals surface area contributed by atoms with Gasteiger partial charge in [0.1, 0.15) is 5.69 Å². The molecule has 0 saturated carbocycles. The first-order valence-corrected chi connectivity index (χ1v) is 12.0. The number of rotatable bonds is 5. The lowest BCUT2D eigenvalue weighted by molar-refractivity contribution is -0.117. The number of hydrogen-bond donors (Lipinski definition) is 2. The van der Waals surface area contributed by atoms with E-state index in [9.17, 15) is 9.59 Å². The molecule has 0 spiro atoms. The predicted octanol–water partition coefficient (Wildman–Crippen LogP) is 3.95. The third-order valence-electron chi connectivity index (χ3n) is 6.19.